The van der Waals surface area contributed by atoms with E-state index in [0.717, 1.165) is 5.69 Å². The van der Waals surface area contributed by atoms with Gasteiger partial charge in [0, 0.05) is 37.8 Å². The summed E-state index contributed by atoms with van der Waals surface area (Å²) in [6.07, 6.45) is 2.80. The molecule has 2 N–H and O–H groups in total. The maximum atomic E-state index is 12.0. The van der Waals surface area contributed by atoms with Crippen LogP contribution in [0.15, 0.2) is 18.5 Å². The number of anilines is 1. The third-order valence-corrected chi connectivity index (χ3v) is 3.34. The van der Waals surface area contributed by atoms with Gasteiger partial charge >= 0.3 is 13.2 Å². The fourth-order valence-electron chi connectivity index (χ4n) is 2.23. The number of aromatic nitrogens is 1. The van der Waals surface area contributed by atoms with Crippen molar-refractivity contribution in [1.29, 1.82) is 0 Å². The molecule has 0 unspecified atom stereocenters. The van der Waals surface area contributed by atoms with Crippen LogP contribution < -0.4 is 10.4 Å². The standard InChI is InChI=1S/C14H22BN3O4/c1-14(2,3)22-13(19)18-6-4-17(5-7-18)12-8-11(15(20)21)9-16-10-12/h8-10,20-21H,4-7H2,1-3H3. The highest BCUT2D eigenvalue weighted by atomic mass is 16.6. The number of hydrogen-bond donors (Lipinski definition) is 2. The van der Waals surface area contributed by atoms with Gasteiger partial charge in [-0.3, -0.25) is 4.98 Å². The lowest BCUT2D eigenvalue weighted by Crippen LogP contribution is -2.50. The number of carbonyl (C=O) groups is 1. The zero-order valence-electron chi connectivity index (χ0n) is 13.2. The molecule has 22 heavy (non-hydrogen) atoms. The number of nitrogens with zero attached hydrogens (tertiary/aromatic N) is 3. The summed E-state index contributed by atoms with van der Waals surface area (Å²) in [6, 6.07) is 1.70. The van der Waals surface area contributed by atoms with Gasteiger partial charge < -0.3 is 24.6 Å². The van der Waals surface area contributed by atoms with E-state index >= 15 is 0 Å². The van der Waals surface area contributed by atoms with Gasteiger partial charge in [-0.15, -0.1) is 0 Å². The molecule has 0 aromatic carbocycles. The second-order valence-electron chi connectivity index (χ2n) is 6.30. The Balaban J connectivity index is 1.95. The van der Waals surface area contributed by atoms with E-state index < -0.39 is 12.7 Å². The Kier molecular flexibility index (Phi) is 4.92. The van der Waals surface area contributed by atoms with Crippen molar-refractivity contribution in [3.63, 3.8) is 0 Å². The molecule has 7 nitrogen and oxygen atoms in total. The number of ether oxygens (including phenoxy) is 1. The first-order valence-corrected chi connectivity index (χ1v) is 7.30. The lowest BCUT2D eigenvalue weighted by Gasteiger charge is -2.36. The number of amides is 1. The number of hydrogen-bond acceptors (Lipinski definition) is 6. The normalized spacial score (nSPS) is 15.7. The first kappa shape index (κ1) is 16.6. The fraction of sp³-hybridized carbons (Fsp3) is 0.571. The highest BCUT2D eigenvalue weighted by Crippen LogP contribution is 2.16. The Labute approximate surface area is 130 Å². The molecule has 8 heteroatoms. The SMILES string of the molecule is CC(C)(C)OC(=O)N1CCN(c2cncc(B(O)O)c2)CC1. The monoisotopic (exact) mass is 307 g/mol. The maximum absolute atomic E-state index is 12.0. The van der Waals surface area contributed by atoms with E-state index in [0.29, 0.717) is 31.6 Å². The molecule has 1 aliphatic heterocycles. The predicted molar refractivity (Wildman–Crippen MR) is 84.1 cm³/mol. The van der Waals surface area contributed by atoms with Crippen molar-refractivity contribution in [2.75, 3.05) is 31.1 Å². The van der Waals surface area contributed by atoms with Crippen LogP contribution >= 0.6 is 0 Å². The molecule has 0 bridgehead atoms. The fourth-order valence-corrected chi connectivity index (χ4v) is 2.23. The summed E-state index contributed by atoms with van der Waals surface area (Å²) in [5, 5.41) is 18.4. The number of carbonyl (C=O) groups excluding carboxylic acids is 1. The molecule has 120 valence electrons. The molecule has 2 heterocycles. The van der Waals surface area contributed by atoms with Crippen LogP contribution in [0, 0.1) is 0 Å². The third kappa shape index (κ3) is 4.35. The van der Waals surface area contributed by atoms with Crippen molar-refractivity contribution >= 4 is 24.4 Å². The van der Waals surface area contributed by atoms with E-state index in [1.807, 2.05) is 20.8 Å². The van der Waals surface area contributed by atoms with Crippen molar-refractivity contribution in [2.24, 2.45) is 0 Å². The molecule has 1 amide bonds. The Morgan fingerprint density at radius 1 is 1.23 bits per heavy atom. The van der Waals surface area contributed by atoms with E-state index in [1.54, 1.807) is 17.2 Å². The second kappa shape index (κ2) is 6.54. The molecule has 1 aromatic heterocycles. The topological polar surface area (TPSA) is 86.1 Å². The van der Waals surface area contributed by atoms with Crippen molar-refractivity contribution < 1.29 is 19.6 Å². The lowest BCUT2D eigenvalue weighted by atomic mass is 9.81. The minimum atomic E-state index is -1.53. The van der Waals surface area contributed by atoms with Gasteiger partial charge in [-0.05, 0) is 26.8 Å². The highest BCUT2D eigenvalue weighted by molar-refractivity contribution is 6.58. The molecule has 1 aliphatic rings. The van der Waals surface area contributed by atoms with Crippen LogP contribution in [0.5, 0.6) is 0 Å². The number of rotatable bonds is 2. The minimum Gasteiger partial charge on any atom is -0.444 e. The van der Waals surface area contributed by atoms with E-state index in [-0.39, 0.29) is 6.09 Å². The molecule has 1 saturated heterocycles. The van der Waals surface area contributed by atoms with Crippen LogP contribution in [0.1, 0.15) is 20.8 Å². The molecule has 0 spiro atoms. The van der Waals surface area contributed by atoms with Gasteiger partial charge in [0.25, 0.3) is 0 Å². The number of piperazine rings is 1. The van der Waals surface area contributed by atoms with Gasteiger partial charge in [-0.1, -0.05) is 0 Å². The molecular weight excluding hydrogens is 285 g/mol. The summed E-state index contributed by atoms with van der Waals surface area (Å²) < 4.78 is 5.36. The Morgan fingerprint density at radius 2 is 1.86 bits per heavy atom. The second-order valence-corrected chi connectivity index (χ2v) is 6.30. The largest absolute Gasteiger partial charge is 0.490 e. The molecule has 2 rings (SSSR count). The van der Waals surface area contributed by atoms with E-state index in [9.17, 15) is 14.8 Å². The summed E-state index contributed by atoms with van der Waals surface area (Å²) >= 11 is 0. The third-order valence-electron chi connectivity index (χ3n) is 3.34. The quantitative estimate of drug-likeness (QED) is 0.737. The summed E-state index contributed by atoms with van der Waals surface area (Å²) in [5.41, 5.74) is 0.672. The van der Waals surface area contributed by atoms with Gasteiger partial charge in [0.15, 0.2) is 0 Å². The molecule has 0 radical (unpaired) electrons. The summed E-state index contributed by atoms with van der Waals surface area (Å²) in [4.78, 5) is 19.8. The summed E-state index contributed by atoms with van der Waals surface area (Å²) in [6.45, 7) is 7.94. The Bertz CT molecular complexity index is 525. The average Bonchev–Trinajstić information content (AvgIpc) is 2.46. The molecule has 1 fully saturated rings. The van der Waals surface area contributed by atoms with Crippen molar-refractivity contribution in [3.05, 3.63) is 18.5 Å². The molecule has 0 aliphatic carbocycles. The van der Waals surface area contributed by atoms with Crippen LogP contribution in [0.4, 0.5) is 10.5 Å². The van der Waals surface area contributed by atoms with Gasteiger partial charge in [-0.2, -0.15) is 0 Å². The zero-order chi connectivity index (χ0) is 16.3. The van der Waals surface area contributed by atoms with Crippen molar-refractivity contribution in [3.8, 4) is 0 Å². The minimum absolute atomic E-state index is 0.301. The predicted octanol–water partition coefficient (Wildman–Crippen LogP) is -0.181. The van der Waals surface area contributed by atoms with E-state index in [1.165, 1.54) is 6.20 Å². The molecular formula is C14H22BN3O4. The first-order valence-electron chi connectivity index (χ1n) is 7.30. The molecule has 0 atom stereocenters. The first-order chi connectivity index (χ1) is 10.3. The van der Waals surface area contributed by atoms with E-state index in [2.05, 4.69) is 9.88 Å². The average molecular weight is 307 g/mol. The smallest absolute Gasteiger partial charge is 0.444 e. The van der Waals surface area contributed by atoms with Gasteiger partial charge in [-0.25, -0.2) is 4.79 Å². The Hall–Kier alpha value is -1.80. The van der Waals surface area contributed by atoms with Crippen molar-refractivity contribution in [2.45, 2.75) is 26.4 Å². The maximum Gasteiger partial charge on any atom is 0.490 e. The van der Waals surface area contributed by atoms with Gasteiger partial charge in [0.2, 0.25) is 0 Å². The van der Waals surface area contributed by atoms with Crippen LogP contribution in [0.2, 0.25) is 0 Å². The number of pyridine rings is 1. The van der Waals surface area contributed by atoms with Crippen LogP contribution in [0.25, 0.3) is 0 Å². The van der Waals surface area contributed by atoms with Gasteiger partial charge in [0.1, 0.15) is 5.60 Å². The van der Waals surface area contributed by atoms with Crippen molar-refractivity contribution in [1.82, 2.24) is 9.88 Å². The van der Waals surface area contributed by atoms with E-state index in [4.69, 9.17) is 4.74 Å². The summed E-state index contributed by atoms with van der Waals surface area (Å²) in [7, 11) is -1.53. The van der Waals surface area contributed by atoms with Gasteiger partial charge in [0.05, 0.1) is 11.9 Å². The molecule has 1 aromatic rings. The summed E-state index contributed by atoms with van der Waals surface area (Å²) in [5.74, 6) is 0. The Morgan fingerprint density at radius 3 is 2.41 bits per heavy atom. The molecule has 0 saturated carbocycles. The highest BCUT2D eigenvalue weighted by Gasteiger charge is 2.26. The zero-order valence-corrected chi connectivity index (χ0v) is 13.2. The van der Waals surface area contributed by atoms with Crippen LogP contribution in [-0.4, -0.2) is 64.9 Å². The van der Waals surface area contributed by atoms with Crippen LogP contribution in [0.3, 0.4) is 0 Å². The lowest BCUT2D eigenvalue weighted by molar-refractivity contribution is 0.0240. The van der Waals surface area contributed by atoms with Crippen LogP contribution in [-0.2, 0) is 4.74 Å².